The SMILES string of the molecule is CCC(CC)CC(N)CC1CCCO1. The Bertz CT molecular complexity index is 135. The van der Waals surface area contributed by atoms with E-state index in [0.29, 0.717) is 12.1 Å². The predicted molar refractivity (Wildman–Crippen MR) is 60.3 cm³/mol. The van der Waals surface area contributed by atoms with Gasteiger partial charge in [0.15, 0.2) is 0 Å². The first-order valence-electron chi connectivity index (χ1n) is 6.13. The van der Waals surface area contributed by atoms with Gasteiger partial charge >= 0.3 is 0 Å². The molecule has 0 aromatic heterocycles. The van der Waals surface area contributed by atoms with Crippen LogP contribution in [0.3, 0.4) is 0 Å². The summed E-state index contributed by atoms with van der Waals surface area (Å²) in [6.45, 7) is 5.46. The lowest BCUT2D eigenvalue weighted by Crippen LogP contribution is -2.28. The van der Waals surface area contributed by atoms with Crippen molar-refractivity contribution in [3.8, 4) is 0 Å². The molecule has 0 saturated carbocycles. The molecular weight excluding hydrogens is 174 g/mol. The van der Waals surface area contributed by atoms with E-state index >= 15 is 0 Å². The van der Waals surface area contributed by atoms with Gasteiger partial charge in [0.05, 0.1) is 6.10 Å². The molecule has 2 heteroatoms. The van der Waals surface area contributed by atoms with Crippen molar-refractivity contribution in [3.63, 3.8) is 0 Å². The molecule has 0 aliphatic carbocycles. The maximum absolute atomic E-state index is 6.13. The summed E-state index contributed by atoms with van der Waals surface area (Å²) >= 11 is 0. The van der Waals surface area contributed by atoms with Crippen molar-refractivity contribution in [2.45, 2.75) is 64.5 Å². The summed E-state index contributed by atoms with van der Waals surface area (Å²) in [5.41, 5.74) is 6.13. The average Bonchev–Trinajstić information content (AvgIpc) is 2.66. The van der Waals surface area contributed by atoms with E-state index in [1.807, 2.05) is 0 Å². The molecule has 14 heavy (non-hydrogen) atoms. The van der Waals surface area contributed by atoms with Gasteiger partial charge in [0.1, 0.15) is 0 Å². The van der Waals surface area contributed by atoms with Gasteiger partial charge in [-0.15, -0.1) is 0 Å². The minimum Gasteiger partial charge on any atom is -0.378 e. The fourth-order valence-electron chi connectivity index (χ4n) is 2.31. The van der Waals surface area contributed by atoms with Crippen LogP contribution in [0, 0.1) is 5.92 Å². The lowest BCUT2D eigenvalue weighted by molar-refractivity contribution is 0.0957. The second kappa shape index (κ2) is 6.41. The van der Waals surface area contributed by atoms with Crippen LogP contribution < -0.4 is 5.73 Å². The summed E-state index contributed by atoms with van der Waals surface area (Å²) < 4.78 is 5.59. The van der Waals surface area contributed by atoms with Gasteiger partial charge in [0.2, 0.25) is 0 Å². The van der Waals surface area contributed by atoms with Gasteiger partial charge in [-0.05, 0) is 31.6 Å². The molecule has 1 rings (SSSR count). The standard InChI is InChI=1S/C12H25NO/c1-3-10(4-2)8-11(13)9-12-6-5-7-14-12/h10-12H,3-9,13H2,1-2H3. The number of rotatable bonds is 6. The van der Waals surface area contributed by atoms with E-state index in [9.17, 15) is 0 Å². The molecule has 84 valence electrons. The Hall–Kier alpha value is -0.0800. The van der Waals surface area contributed by atoms with Crippen molar-refractivity contribution in [2.24, 2.45) is 11.7 Å². The molecule has 1 saturated heterocycles. The molecule has 2 atom stereocenters. The molecule has 2 nitrogen and oxygen atoms in total. The summed E-state index contributed by atoms with van der Waals surface area (Å²) in [6, 6.07) is 0.350. The van der Waals surface area contributed by atoms with Gasteiger partial charge in [-0.2, -0.15) is 0 Å². The molecule has 1 fully saturated rings. The van der Waals surface area contributed by atoms with Crippen molar-refractivity contribution < 1.29 is 4.74 Å². The average molecular weight is 199 g/mol. The molecule has 0 aromatic carbocycles. The van der Waals surface area contributed by atoms with Crippen LogP contribution in [0.1, 0.15) is 52.4 Å². The summed E-state index contributed by atoms with van der Waals surface area (Å²) in [7, 11) is 0. The zero-order valence-corrected chi connectivity index (χ0v) is 9.67. The van der Waals surface area contributed by atoms with E-state index in [0.717, 1.165) is 18.9 Å². The third-order valence-electron chi connectivity index (χ3n) is 3.38. The van der Waals surface area contributed by atoms with E-state index in [-0.39, 0.29) is 0 Å². The minimum absolute atomic E-state index is 0.350. The maximum atomic E-state index is 6.13. The smallest absolute Gasteiger partial charge is 0.0590 e. The molecular formula is C12H25NO. The number of nitrogens with two attached hydrogens (primary N) is 1. The van der Waals surface area contributed by atoms with Gasteiger partial charge in [-0.25, -0.2) is 0 Å². The van der Waals surface area contributed by atoms with Gasteiger partial charge in [-0.3, -0.25) is 0 Å². The number of hydrogen-bond donors (Lipinski definition) is 1. The minimum atomic E-state index is 0.350. The normalized spacial score (nSPS) is 24.4. The summed E-state index contributed by atoms with van der Waals surface area (Å²) in [4.78, 5) is 0. The second-order valence-electron chi connectivity index (χ2n) is 4.55. The third-order valence-corrected chi connectivity index (χ3v) is 3.38. The van der Waals surface area contributed by atoms with Crippen LogP contribution in [0.2, 0.25) is 0 Å². The zero-order valence-electron chi connectivity index (χ0n) is 9.67. The first-order valence-corrected chi connectivity index (χ1v) is 6.13. The Kier molecular flexibility index (Phi) is 5.49. The summed E-state index contributed by atoms with van der Waals surface area (Å²) in [5.74, 6) is 0.811. The van der Waals surface area contributed by atoms with E-state index in [4.69, 9.17) is 10.5 Å². The highest BCUT2D eigenvalue weighted by molar-refractivity contribution is 4.74. The molecule has 0 amide bonds. The first kappa shape index (κ1) is 12.0. The molecule has 0 radical (unpaired) electrons. The highest BCUT2D eigenvalue weighted by atomic mass is 16.5. The Labute approximate surface area is 88.2 Å². The largest absolute Gasteiger partial charge is 0.378 e. The van der Waals surface area contributed by atoms with Gasteiger partial charge < -0.3 is 10.5 Å². The van der Waals surface area contributed by atoms with Gasteiger partial charge in [0, 0.05) is 12.6 Å². The van der Waals surface area contributed by atoms with Crippen molar-refractivity contribution >= 4 is 0 Å². The summed E-state index contributed by atoms with van der Waals surface area (Å²) in [5, 5.41) is 0. The van der Waals surface area contributed by atoms with Gasteiger partial charge in [-0.1, -0.05) is 26.7 Å². The Balaban J connectivity index is 2.16. The quantitative estimate of drug-likeness (QED) is 0.714. The summed E-state index contributed by atoms with van der Waals surface area (Å²) in [6.07, 6.45) is 7.66. The first-order chi connectivity index (χ1) is 6.76. The number of hydrogen-bond acceptors (Lipinski definition) is 2. The maximum Gasteiger partial charge on any atom is 0.0590 e. The molecule has 1 aliphatic heterocycles. The molecule has 0 aromatic rings. The highest BCUT2D eigenvalue weighted by Crippen LogP contribution is 2.21. The Morgan fingerprint density at radius 3 is 2.57 bits per heavy atom. The Morgan fingerprint density at radius 2 is 2.07 bits per heavy atom. The van der Waals surface area contributed by atoms with Crippen LogP contribution in [0.15, 0.2) is 0 Å². The van der Waals surface area contributed by atoms with Crippen molar-refractivity contribution in [3.05, 3.63) is 0 Å². The van der Waals surface area contributed by atoms with Crippen LogP contribution in [0.4, 0.5) is 0 Å². The highest BCUT2D eigenvalue weighted by Gasteiger charge is 2.20. The Morgan fingerprint density at radius 1 is 1.36 bits per heavy atom. The topological polar surface area (TPSA) is 35.2 Å². The van der Waals surface area contributed by atoms with Crippen LogP contribution in [-0.4, -0.2) is 18.8 Å². The lowest BCUT2D eigenvalue weighted by Gasteiger charge is -2.20. The molecule has 2 unspecified atom stereocenters. The van der Waals surface area contributed by atoms with E-state index in [1.54, 1.807) is 0 Å². The van der Waals surface area contributed by atoms with E-state index in [2.05, 4.69) is 13.8 Å². The predicted octanol–water partition coefficient (Wildman–Crippen LogP) is 2.71. The third kappa shape index (κ3) is 3.97. The van der Waals surface area contributed by atoms with Gasteiger partial charge in [0.25, 0.3) is 0 Å². The fraction of sp³-hybridized carbons (Fsp3) is 1.00. The van der Waals surface area contributed by atoms with E-state index < -0.39 is 0 Å². The lowest BCUT2D eigenvalue weighted by atomic mass is 9.92. The zero-order chi connectivity index (χ0) is 10.4. The number of ether oxygens (including phenoxy) is 1. The van der Waals surface area contributed by atoms with Crippen molar-refractivity contribution in [2.75, 3.05) is 6.61 Å². The van der Waals surface area contributed by atoms with Crippen LogP contribution >= 0.6 is 0 Å². The van der Waals surface area contributed by atoms with Crippen LogP contribution in [0.25, 0.3) is 0 Å². The molecule has 0 spiro atoms. The van der Waals surface area contributed by atoms with E-state index in [1.165, 1.54) is 32.1 Å². The molecule has 1 aliphatic rings. The van der Waals surface area contributed by atoms with Crippen molar-refractivity contribution in [1.82, 2.24) is 0 Å². The van der Waals surface area contributed by atoms with Crippen molar-refractivity contribution in [1.29, 1.82) is 0 Å². The fourth-order valence-corrected chi connectivity index (χ4v) is 2.31. The van der Waals surface area contributed by atoms with Crippen LogP contribution in [0.5, 0.6) is 0 Å². The molecule has 0 bridgehead atoms. The van der Waals surface area contributed by atoms with Crippen LogP contribution in [-0.2, 0) is 4.74 Å². The second-order valence-corrected chi connectivity index (χ2v) is 4.55. The molecule has 1 heterocycles. The molecule has 2 N–H and O–H groups in total. The monoisotopic (exact) mass is 199 g/mol.